The zero-order valence-corrected chi connectivity index (χ0v) is 17.1. The van der Waals surface area contributed by atoms with E-state index >= 15 is 0 Å². The van der Waals surface area contributed by atoms with E-state index in [0.29, 0.717) is 27.8 Å². The summed E-state index contributed by atoms with van der Waals surface area (Å²) in [6.07, 6.45) is 0. The Bertz CT molecular complexity index is 1380. The Hall–Kier alpha value is -4.44. The molecule has 158 valence electrons. The summed E-state index contributed by atoms with van der Waals surface area (Å²) < 4.78 is 13.9. The maximum atomic E-state index is 13.9. The molecule has 0 fully saturated rings. The molecule has 0 aliphatic heterocycles. The van der Waals surface area contributed by atoms with Crippen LogP contribution in [-0.2, 0) is 4.79 Å². The molecule has 1 atom stereocenters. The number of nitrogens with zero attached hydrogens (tertiary/aromatic N) is 2. The average molecular weight is 426 g/mol. The van der Waals surface area contributed by atoms with Gasteiger partial charge in [0.15, 0.2) is 0 Å². The second-order valence-electron chi connectivity index (χ2n) is 7.39. The van der Waals surface area contributed by atoms with E-state index in [1.807, 2.05) is 48.5 Å². The van der Waals surface area contributed by atoms with Crippen LogP contribution in [0.15, 0.2) is 66.7 Å². The third kappa shape index (κ3) is 3.94. The van der Waals surface area contributed by atoms with Crippen LogP contribution < -0.4 is 11.1 Å². The molecule has 0 saturated heterocycles. The van der Waals surface area contributed by atoms with E-state index in [0.717, 1.165) is 11.1 Å². The molecule has 1 aromatic heterocycles. The van der Waals surface area contributed by atoms with Crippen molar-refractivity contribution in [2.75, 3.05) is 11.1 Å². The first-order valence-corrected chi connectivity index (χ1v) is 9.86. The third-order valence-corrected chi connectivity index (χ3v) is 5.17. The molecule has 1 heterocycles. The van der Waals surface area contributed by atoms with Gasteiger partial charge in [0.2, 0.25) is 0 Å². The number of nitrogens with two attached hydrogens (primary N) is 1. The Morgan fingerprint density at radius 1 is 1.09 bits per heavy atom. The lowest BCUT2D eigenvalue weighted by Crippen LogP contribution is -2.26. The fourth-order valence-electron chi connectivity index (χ4n) is 3.52. The highest BCUT2D eigenvalue weighted by atomic mass is 19.1. The standard InChI is InChI=1S/C25H19FN4O2/c1-14(25(31)32)29-24-20-12-18(26)9-10-22(20)30-23(21(24)13-27)16-7-5-15(6-8-16)17-3-2-4-19(28)11-17/h2-12,14H,28H2,1H3,(H,29,30)(H,31,32). The van der Waals surface area contributed by atoms with Gasteiger partial charge in [-0.15, -0.1) is 0 Å². The van der Waals surface area contributed by atoms with Crippen LogP contribution in [-0.4, -0.2) is 22.1 Å². The van der Waals surface area contributed by atoms with Gasteiger partial charge in [0.05, 0.1) is 16.9 Å². The Balaban J connectivity index is 1.88. The van der Waals surface area contributed by atoms with Crippen molar-refractivity contribution in [1.29, 1.82) is 5.26 Å². The quantitative estimate of drug-likeness (QED) is 0.385. The number of hydrogen-bond donors (Lipinski definition) is 3. The first kappa shape index (κ1) is 20.8. The van der Waals surface area contributed by atoms with E-state index < -0.39 is 17.8 Å². The second-order valence-corrected chi connectivity index (χ2v) is 7.39. The van der Waals surface area contributed by atoms with E-state index in [-0.39, 0.29) is 11.3 Å². The van der Waals surface area contributed by atoms with Gasteiger partial charge in [0.25, 0.3) is 0 Å². The van der Waals surface area contributed by atoms with Gasteiger partial charge >= 0.3 is 5.97 Å². The third-order valence-electron chi connectivity index (χ3n) is 5.17. The topological polar surface area (TPSA) is 112 Å². The molecule has 4 N–H and O–H groups in total. The number of nitrogens with one attached hydrogen (secondary N) is 1. The molecule has 0 aliphatic carbocycles. The van der Waals surface area contributed by atoms with Crippen LogP contribution in [0.25, 0.3) is 33.3 Å². The average Bonchev–Trinajstić information content (AvgIpc) is 2.79. The largest absolute Gasteiger partial charge is 0.480 e. The number of halogens is 1. The minimum absolute atomic E-state index is 0.146. The molecular weight excluding hydrogens is 407 g/mol. The Morgan fingerprint density at radius 2 is 1.81 bits per heavy atom. The smallest absolute Gasteiger partial charge is 0.325 e. The minimum atomic E-state index is -1.09. The summed E-state index contributed by atoms with van der Waals surface area (Å²) in [6.45, 7) is 1.45. The normalized spacial score (nSPS) is 11.7. The highest BCUT2D eigenvalue weighted by Gasteiger charge is 2.20. The predicted octanol–water partition coefficient (Wildman–Crippen LogP) is 5.05. The summed E-state index contributed by atoms with van der Waals surface area (Å²) in [5, 5.41) is 22.4. The number of aromatic nitrogens is 1. The molecule has 0 amide bonds. The van der Waals surface area contributed by atoms with Crippen molar-refractivity contribution in [3.63, 3.8) is 0 Å². The Morgan fingerprint density at radius 3 is 2.47 bits per heavy atom. The summed E-state index contributed by atoms with van der Waals surface area (Å²) >= 11 is 0. The highest BCUT2D eigenvalue weighted by Crippen LogP contribution is 2.35. The molecule has 4 aromatic rings. The molecule has 7 heteroatoms. The number of carboxylic acid groups (broad SMARTS) is 1. The number of carboxylic acids is 1. The molecule has 0 spiro atoms. The number of carbonyl (C=O) groups is 1. The highest BCUT2D eigenvalue weighted by molar-refractivity contribution is 5.99. The molecule has 32 heavy (non-hydrogen) atoms. The summed E-state index contributed by atoms with van der Waals surface area (Å²) in [5.41, 5.74) is 10.3. The first-order valence-electron chi connectivity index (χ1n) is 9.86. The number of nitriles is 1. The van der Waals surface area contributed by atoms with E-state index in [4.69, 9.17) is 5.73 Å². The number of pyridine rings is 1. The summed E-state index contributed by atoms with van der Waals surface area (Å²) in [4.78, 5) is 16.0. The molecule has 3 aromatic carbocycles. The zero-order chi connectivity index (χ0) is 22.8. The van der Waals surface area contributed by atoms with E-state index in [1.54, 1.807) is 0 Å². The molecule has 0 radical (unpaired) electrons. The maximum Gasteiger partial charge on any atom is 0.325 e. The SMILES string of the molecule is CC(Nc1c(C#N)c(-c2ccc(-c3cccc(N)c3)cc2)nc2ccc(F)cc12)C(=O)O. The number of benzene rings is 3. The summed E-state index contributed by atoms with van der Waals surface area (Å²) in [6, 6.07) is 20.1. The van der Waals surface area contributed by atoms with Crippen molar-refractivity contribution in [3.05, 3.63) is 78.1 Å². The first-order chi connectivity index (χ1) is 15.4. The van der Waals surface area contributed by atoms with Gasteiger partial charge in [0, 0.05) is 16.6 Å². The molecule has 1 unspecified atom stereocenters. The van der Waals surface area contributed by atoms with Gasteiger partial charge < -0.3 is 16.2 Å². The zero-order valence-electron chi connectivity index (χ0n) is 17.1. The number of aliphatic carboxylic acids is 1. The van der Waals surface area contributed by atoms with E-state index in [9.17, 15) is 19.6 Å². The number of hydrogen-bond acceptors (Lipinski definition) is 5. The van der Waals surface area contributed by atoms with Crippen LogP contribution >= 0.6 is 0 Å². The lowest BCUT2D eigenvalue weighted by Gasteiger charge is -2.17. The van der Waals surface area contributed by atoms with Gasteiger partial charge in [-0.05, 0) is 48.4 Å². The maximum absolute atomic E-state index is 13.9. The van der Waals surface area contributed by atoms with Crippen molar-refractivity contribution in [2.45, 2.75) is 13.0 Å². The predicted molar refractivity (Wildman–Crippen MR) is 122 cm³/mol. The van der Waals surface area contributed by atoms with Crippen molar-refractivity contribution < 1.29 is 14.3 Å². The fraction of sp³-hybridized carbons (Fsp3) is 0.0800. The van der Waals surface area contributed by atoms with Crippen LogP contribution in [0.5, 0.6) is 0 Å². The number of anilines is 2. The summed E-state index contributed by atoms with van der Waals surface area (Å²) in [5.74, 6) is -1.60. The monoisotopic (exact) mass is 426 g/mol. The van der Waals surface area contributed by atoms with Gasteiger partial charge in [-0.25, -0.2) is 9.37 Å². The van der Waals surface area contributed by atoms with E-state index in [2.05, 4.69) is 16.4 Å². The van der Waals surface area contributed by atoms with Crippen molar-refractivity contribution in [1.82, 2.24) is 4.98 Å². The molecule has 6 nitrogen and oxygen atoms in total. The van der Waals surface area contributed by atoms with Crippen molar-refractivity contribution >= 4 is 28.2 Å². The van der Waals surface area contributed by atoms with Crippen molar-refractivity contribution in [2.24, 2.45) is 0 Å². The van der Waals surface area contributed by atoms with Crippen LogP contribution in [0, 0.1) is 17.1 Å². The molecule has 4 rings (SSSR count). The minimum Gasteiger partial charge on any atom is -0.480 e. The van der Waals surface area contributed by atoms with Gasteiger partial charge in [-0.1, -0.05) is 36.4 Å². The Labute approximate surface area is 183 Å². The molecule has 0 saturated carbocycles. The van der Waals surface area contributed by atoms with Gasteiger partial charge in [-0.3, -0.25) is 4.79 Å². The lowest BCUT2D eigenvalue weighted by molar-refractivity contribution is -0.137. The number of fused-ring (bicyclic) bond motifs is 1. The molecule has 0 bridgehead atoms. The van der Waals surface area contributed by atoms with Crippen LogP contribution in [0.4, 0.5) is 15.8 Å². The Kier molecular flexibility index (Phi) is 5.44. The molecular formula is C25H19FN4O2. The second kappa shape index (κ2) is 8.36. The fourth-order valence-corrected chi connectivity index (χ4v) is 3.52. The molecule has 0 aliphatic rings. The van der Waals surface area contributed by atoms with E-state index in [1.165, 1.54) is 25.1 Å². The summed E-state index contributed by atoms with van der Waals surface area (Å²) in [7, 11) is 0. The number of nitrogen functional groups attached to an aromatic ring is 1. The van der Waals surface area contributed by atoms with Crippen molar-refractivity contribution in [3.8, 4) is 28.5 Å². The van der Waals surface area contributed by atoms with Gasteiger partial charge in [0.1, 0.15) is 23.5 Å². The number of rotatable bonds is 5. The van der Waals surface area contributed by atoms with Gasteiger partial charge in [-0.2, -0.15) is 5.26 Å². The van der Waals surface area contributed by atoms with Crippen LogP contribution in [0.1, 0.15) is 12.5 Å². The van der Waals surface area contributed by atoms with Crippen LogP contribution in [0.2, 0.25) is 0 Å². The lowest BCUT2D eigenvalue weighted by atomic mass is 9.98. The van der Waals surface area contributed by atoms with Crippen LogP contribution in [0.3, 0.4) is 0 Å².